The van der Waals surface area contributed by atoms with Crippen LogP contribution in [-0.2, 0) is 10.1 Å². The molecule has 0 aromatic heterocycles. The van der Waals surface area contributed by atoms with E-state index in [0.717, 1.165) is 12.1 Å². The van der Waals surface area contributed by atoms with E-state index in [1.807, 2.05) is 0 Å². The Balaban J connectivity index is 2.22. The molecule has 9 nitrogen and oxygen atoms in total. The minimum atomic E-state index is -6.65. The number of halogens is 7. The molecule has 0 saturated heterocycles. The van der Waals surface area contributed by atoms with Crippen molar-refractivity contribution in [2.24, 2.45) is 0 Å². The first-order chi connectivity index (χ1) is 18.0. The fourth-order valence-electron chi connectivity index (χ4n) is 3.58. The van der Waals surface area contributed by atoms with Crippen molar-refractivity contribution in [1.29, 1.82) is 0 Å². The van der Waals surface area contributed by atoms with Crippen LogP contribution >= 0.6 is 0 Å². The van der Waals surface area contributed by atoms with Crippen molar-refractivity contribution in [3.05, 3.63) is 75.0 Å². The molecule has 0 radical (unpaired) electrons. The van der Waals surface area contributed by atoms with E-state index in [9.17, 15) is 54.3 Å². The predicted octanol–water partition coefficient (Wildman–Crippen LogP) is 4.75. The Kier molecular flexibility index (Phi) is 6.29. The van der Waals surface area contributed by atoms with Gasteiger partial charge in [-0.3, -0.25) is 4.79 Å². The normalized spacial score (nSPS) is 12.2. The molecule has 17 heteroatoms. The Bertz CT molecular complexity index is 1860. The minimum absolute atomic E-state index is 0.121. The number of aromatic carboxylic acids is 2. The van der Waals surface area contributed by atoms with E-state index in [-0.39, 0.29) is 6.07 Å². The van der Waals surface area contributed by atoms with Crippen LogP contribution in [-0.4, -0.2) is 36.1 Å². The highest BCUT2D eigenvalue weighted by molar-refractivity contribution is 7.88. The van der Waals surface area contributed by atoms with E-state index in [0.29, 0.717) is 12.1 Å². The second kappa shape index (κ2) is 8.97. The molecule has 0 atom stereocenters. The third kappa shape index (κ3) is 4.39. The highest BCUT2D eigenvalue weighted by atomic mass is 32.2. The van der Waals surface area contributed by atoms with Crippen molar-refractivity contribution in [1.82, 2.24) is 0 Å². The van der Waals surface area contributed by atoms with Gasteiger partial charge in [-0.05, 0) is 29.8 Å². The number of hydrogen-bond donors (Lipinski definition) is 2. The standard InChI is InChI=1S/C22H7F7O9S/c23-11-4-9-13(7-2-1-6(20(31)32)3-8(7)21(33)34)10-5-12(24)19(38-39(35,36)22(27,28)29)15(26)18(10)37-17(9)14(25)16(11)30/h1-5H,(H,31,32)(H,33,34). The highest BCUT2D eigenvalue weighted by Gasteiger charge is 2.49. The Labute approximate surface area is 209 Å². The summed E-state index contributed by atoms with van der Waals surface area (Å²) in [4.78, 5) is 35.0. The molecule has 1 aliphatic heterocycles. The third-order valence-electron chi connectivity index (χ3n) is 5.25. The van der Waals surface area contributed by atoms with Crippen molar-refractivity contribution in [3.8, 4) is 28.2 Å². The lowest BCUT2D eigenvalue weighted by Gasteiger charge is -2.19. The number of hydrogen-bond acceptors (Lipinski definition) is 7. The Morgan fingerprint density at radius 3 is 2.08 bits per heavy atom. The van der Waals surface area contributed by atoms with E-state index in [1.165, 1.54) is 0 Å². The Morgan fingerprint density at radius 1 is 0.872 bits per heavy atom. The van der Waals surface area contributed by atoms with E-state index in [1.54, 1.807) is 0 Å². The molecule has 0 saturated carbocycles. The van der Waals surface area contributed by atoms with Crippen LogP contribution in [0.3, 0.4) is 0 Å². The highest BCUT2D eigenvalue weighted by Crippen LogP contribution is 2.45. The van der Waals surface area contributed by atoms with Gasteiger partial charge in [0.15, 0.2) is 23.0 Å². The Morgan fingerprint density at radius 2 is 1.51 bits per heavy atom. The summed E-state index contributed by atoms with van der Waals surface area (Å²) in [5.74, 6) is -15.1. The number of carboxylic acids is 2. The molecule has 4 rings (SSSR count). The van der Waals surface area contributed by atoms with Crippen LogP contribution in [0.25, 0.3) is 33.4 Å². The molecule has 2 aromatic rings. The van der Waals surface area contributed by atoms with E-state index in [4.69, 9.17) is 9.52 Å². The molecule has 0 amide bonds. The van der Waals surface area contributed by atoms with Crippen LogP contribution < -0.4 is 9.61 Å². The summed E-state index contributed by atoms with van der Waals surface area (Å²) in [5.41, 5.74) is -13.2. The lowest BCUT2D eigenvalue weighted by molar-refractivity contribution is -0.0501. The molecule has 0 bridgehead atoms. The average molecular weight is 580 g/mol. The quantitative estimate of drug-likeness (QED) is 0.148. The number of carbonyl (C=O) groups is 2. The molecule has 39 heavy (non-hydrogen) atoms. The smallest absolute Gasteiger partial charge is 0.478 e. The molecule has 0 spiro atoms. The Hall–Kier alpha value is -4.67. The number of rotatable bonds is 5. The second-order valence-electron chi connectivity index (χ2n) is 7.59. The molecule has 0 fully saturated rings. The van der Waals surface area contributed by atoms with Crippen LogP contribution in [0, 0.1) is 23.3 Å². The lowest BCUT2D eigenvalue weighted by atomic mass is 9.89. The van der Waals surface area contributed by atoms with Gasteiger partial charge in [0, 0.05) is 16.5 Å². The van der Waals surface area contributed by atoms with Crippen LogP contribution in [0.15, 0.2) is 39.5 Å². The van der Waals surface area contributed by atoms with Gasteiger partial charge in [0.25, 0.3) is 5.43 Å². The summed E-state index contributed by atoms with van der Waals surface area (Å²) in [6, 6.07) is 2.59. The zero-order valence-corrected chi connectivity index (χ0v) is 19.0. The number of carboxylic acid groups (broad SMARTS) is 2. The molecule has 1 heterocycles. The van der Waals surface area contributed by atoms with Gasteiger partial charge < -0.3 is 18.8 Å². The average Bonchev–Trinajstić information content (AvgIpc) is 2.83. The van der Waals surface area contributed by atoms with Crippen molar-refractivity contribution in [2.75, 3.05) is 0 Å². The molecule has 2 aliphatic rings. The van der Waals surface area contributed by atoms with Gasteiger partial charge >= 0.3 is 27.6 Å². The van der Waals surface area contributed by atoms with Gasteiger partial charge in [0.2, 0.25) is 17.4 Å². The summed E-state index contributed by atoms with van der Waals surface area (Å²) < 4.78 is 128. The van der Waals surface area contributed by atoms with Gasteiger partial charge in [-0.25, -0.2) is 18.4 Å². The number of benzene rings is 3. The summed E-state index contributed by atoms with van der Waals surface area (Å²) in [6.45, 7) is 0. The molecule has 2 aromatic carbocycles. The van der Waals surface area contributed by atoms with Gasteiger partial charge in [-0.15, -0.1) is 0 Å². The third-order valence-corrected chi connectivity index (χ3v) is 6.20. The first-order valence-electron chi connectivity index (χ1n) is 9.84. The van der Waals surface area contributed by atoms with Gasteiger partial charge in [-0.1, -0.05) is 6.07 Å². The maximum atomic E-state index is 15.3. The molecule has 0 unspecified atom stereocenters. The predicted molar refractivity (Wildman–Crippen MR) is 114 cm³/mol. The van der Waals surface area contributed by atoms with E-state index >= 15 is 4.39 Å². The van der Waals surface area contributed by atoms with Gasteiger partial charge in [-0.2, -0.15) is 30.4 Å². The summed E-state index contributed by atoms with van der Waals surface area (Å²) in [7, 11) is -6.65. The van der Waals surface area contributed by atoms with Crippen LogP contribution in [0.5, 0.6) is 5.75 Å². The summed E-state index contributed by atoms with van der Waals surface area (Å²) in [6.07, 6.45) is 0. The van der Waals surface area contributed by atoms with E-state index in [2.05, 4.69) is 4.18 Å². The maximum Gasteiger partial charge on any atom is 0.534 e. The molecule has 204 valence electrons. The fourth-order valence-corrected chi connectivity index (χ4v) is 4.05. The molecular weight excluding hydrogens is 573 g/mol. The van der Waals surface area contributed by atoms with Crippen LogP contribution in [0.4, 0.5) is 30.7 Å². The molecular formula is C22H7F7O9S. The second-order valence-corrected chi connectivity index (χ2v) is 9.13. The van der Waals surface area contributed by atoms with Gasteiger partial charge in [0.05, 0.1) is 11.1 Å². The summed E-state index contributed by atoms with van der Waals surface area (Å²) >= 11 is 0. The first kappa shape index (κ1) is 27.4. The van der Waals surface area contributed by atoms with Crippen molar-refractivity contribution in [3.63, 3.8) is 0 Å². The van der Waals surface area contributed by atoms with Crippen molar-refractivity contribution >= 4 is 33.0 Å². The minimum Gasteiger partial charge on any atom is -0.478 e. The van der Waals surface area contributed by atoms with Crippen molar-refractivity contribution in [2.45, 2.75) is 5.51 Å². The summed E-state index contributed by atoms with van der Waals surface area (Å²) in [5, 5.41) is 17.9. The topological polar surface area (TPSA) is 148 Å². The maximum absolute atomic E-state index is 15.3. The monoisotopic (exact) mass is 580 g/mol. The molecule has 1 aliphatic carbocycles. The largest absolute Gasteiger partial charge is 0.534 e. The van der Waals surface area contributed by atoms with Crippen molar-refractivity contribution < 1.29 is 67.6 Å². The zero-order chi connectivity index (χ0) is 29.2. The number of alkyl halides is 3. The molecule has 2 N–H and O–H groups in total. The zero-order valence-electron chi connectivity index (χ0n) is 18.2. The number of fused-ring (bicyclic) bond motifs is 2. The van der Waals surface area contributed by atoms with Gasteiger partial charge in [0.1, 0.15) is 0 Å². The lowest BCUT2D eigenvalue weighted by Crippen LogP contribution is -2.28. The SMILES string of the molecule is O=C(O)c1ccc(-c2c3cc(F)c(=O)c(F)c-3oc3c(F)c(OS(=O)(=O)C(F)(F)F)c(F)cc23)c(C(=O)O)c1. The van der Waals surface area contributed by atoms with Crippen LogP contribution in [0.2, 0.25) is 0 Å². The van der Waals surface area contributed by atoms with E-state index < -0.39 is 107 Å². The first-order valence-corrected chi connectivity index (χ1v) is 11.2. The van der Waals surface area contributed by atoms with Crippen LogP contribution in [0.1, 0.15) is 20.7 Å². The fraction of sp³-hybridized carbons (Fsp3) is 0.0455.